The molecule has 6 heteroatoms. The van der Waals surface area contributed by atoms with Crippen molar-refractivity contribution in [2.45, 2.75) is 25.1 Å². The molecular weight excluding hydrogens is 306 g/mol. The summed E-state index contributed by atoms with van der Waals surface area (Å²) in [4.78, 5) is 30.0. The summed E-state index contributed by atoms with van der Waals surface area (Å²) in [5.74, 6) is -0.0346. The number of benzene rings is 1. The molecule has 2 amide bonds. The van der Waals surface area contributed by atoms with Crippen molar-refractivity contribution < 1.29 is 14.7 Å². The minimum Gasteiger partial charge on any atom is -0.391 e. The third-order valence-corrected chi connectivity index (χ3v) is 5.24. The highest BCUT2D eigenvalue weighted by Gasteiger charge is 2.40. The van der Waals surface area contributed by atoms with E-state index in [-0.39, 0.29) is 24.0 Å². The molecule has 6 nitrogen and oxygen atoms in total. The molecule has 2 saturated heterocycles. The smallest absolute Gasteiger partial charge is 0.254 e. The molecule has 0 aromatic heterocycles. The monoisotopic (exact) mass is 327 g/mol. The average molecular weight is 327 g/mol. The highest BCUT2D eigenvalue weighted by atomic mass is 16.3. The second-order valence-electron chi connectivity index (χ2n) is 6.76. The Hall–Kier alpha value is -2.34. The van der Waals surface area contributed by atoms with E-state index < -0.39 is 0 Å². The molecule has 1 atom stereocenters. The van der Waals surface area contributed by atoms with Crippen LogP contribution in [0.25, 0.3) is 0 Å². The van der Waals surface area contributed by atoms with Crippen molar-refractivity contribution in [1.29, 1.82) is 0 Å². The fraction of sp³-hybridized carbons (Fsp3) is 0.444. The topological polar surface area (TPSA) is 64.1 Å². The van der Waals surface area contributed by atoms with Crippen molar-refractivity contribution in [2.24, 2.45) is 0 Å². The van der Waals surface area contributed by atoms with E-state index in [4.69, 9.17) is 0 Å². The highest BCUT2D eigenvalue weighted by molar-refractivity contribution is 5.99. The van der Waals surface area contributed by atoms with Gasteiger partial charge in [-0.1, -0.05) is 12.6 Å². The summed E-state index contributed by atoms with van der Waals surface area (Å²) in [7, 11) is 0. The molecule has 0 spiro atoms. The SMILES string of the molecule is C=CC(=O)N1CC(N2Cc3ccc(N4CCC(O)C4)cc3C2=O)C1. The van der Waals surface area contributed by atoms with Gasteiger partial charge in [0.1, 0.15) is 0 Å². The molecule has 1 aromatic carbocycles. The van der Waals surface area contributed by atoms with Crippen LogP contribution in [0.4, 0.5) is 5.69 Å². The van der Waals surface area contributed by atoms with Crippen molar-refractivity contribution in [3.63, 3.8) is 0 Å². The van der Waals surface area contributed by atoms with E-state index in [1.54, 1.807) is 4.90 Å². The standard InChI is InChI=1S/C18H21N3O3/c1-2-17(23)20-9-14(10-20)21-8-12-3-4-13(7-16(12)18(21)24)19-6-5-15(22)11-19/h2-4,7,14-15,22H,1,5-6,8-11H2. The van der Waals surface area contributed by atoms with Gasteiger partial charge in [0.25, 0.3) is 5.91 Å². The second-order valence-corrected chi connectivity index (χ2v) is 6.76. The molecule has 4 rings (SSSR count). The van der Waals surface area contributed by atoms with Crippen LogP contribution in [0.3, 0.4) is 0 Å². The zero-order chi connectivity index (χ0) is 16.8. The van der Waals surface area contributed by atoms with E-state index >= 15 is 0 Å². The Bertz CT molecular complexity index is 711. The number of hydrogen-bond donors (Lipinski definition) is 1. The predicted molar refractivity (Wildman–Crippen MR) is 89.7 cm³/mol. The van der Waals surface area contributed by atoms with E-state index in [9.17, 15) is 14.7 Å². The van der Waals surface area contributed by atoms with Crippen LogP contribution in [0.5, 0.6) is 0 Å². The van der Waals surface area contributed by atoms with Gasteiger partial charge in [0.15, 0.2) is 0 Å². The molecule has 3 aliphatic heterocycles. The number of aliphatic hydroxyl groups excluding tert-OH is 1. The number of carbonyl (C=O) groups is 2. The summed E-state index contributed by atoms with van der Waals surface area (Å²) in [5.41, 5.74) is 2.79. The Morgan fingerprint density at radius 2 is 2.08 bits per heavy atom. The molecule has 24 heavy (non-hydrogen) atoms. The van der Waals surface area contributed by atoms with Crippen LogP contribution in [-0.4, -0.2) is 65.0 Å². The van der Waals surface area contributed by atoms with Gasteiger partial charge in [-0.25, -0.2) is 0 Å². The van der Waals surface area contributed by atoms with Gasteiger partial charge in [0.2, 0.25) is 5.91 Å². The number of rotatable bonds is 3. The molecule has 0 saturated carbocycles. The number of fused-ring (bicyclic) bond motifs is 1. The third kappa shape index (κ3) is 2.38. The summed E-state index contributed by atoms with van der Waals surface area (Å²) < 4.78 is 0. The van der Waals surface area contributed by atoms with Crippen LogP contribution in [0.15, 0.2) is 30.9 Å². The van der Waals surface area contributed by atoms with Crippen molar-refractivity contribution in [3.05, 3.63) is 42.0 Å². The summed E-state index contributed by atoms with van der Waals surface area (Å²) in [6.07, 6.45) is 1.80. The number of aliphatic hydroxyl groups is 1. The van der Waals surface area contributed by atoms with Crippen molar-refractivity contribution in [2.75, 3.05) is 31.1 Å². The van der Waals surface area contributed by atoms with E-state index in [0.717, 1.165) is 29.8 Å². The lowest BCUT2D eigenvalue weighted by atomic mass is 10.1. The zero-order valence-corrected chi connectivity index (χ0v) is 13.5. The summed E-state index contributed by atoms with van der Waals surface area (Å²) >= 11 is 0. The van der Waals surface area contributed by atoms with Crippen LogP contribution >= 0.6 is 0 Å². The lowest BCUT2D eigenvalue weighted by Gasteiger charge is -2.43. The summed E-state index contributed by atoms with van der Waals surface area (Å²) in [6, 6.07) is 6.08. The Morgan fingerprint density at radius 1 is 1.29 bits per heavy atom. The number of carbonyl (C=O) groups excluding carboxylic acids is 2. The summed E-state index contributed by atoms with van der Waals surface area (Å²) in [5, 5.41) is 9.69. The van der Waals surface area contributed by atoms with E-state index in [0.29, 0.717) is 26.2 Å². The van der Waals surface area contributed by atoms with E-state index in [2.05, 4.69) is 11.5 Å². The lowest BCUT2D eigenvalue weighted by molar-refractivity contribution is -0.132. The molecule has 1 unspecified atom stereocenters. The van der Waals surface area contributed by atoms with Crippen molar-refractivity contribution in [1.82, 2.24) is 9.80 Å². The normalized spacial score (nSPS) is 23.5. The van der Waals surface area contributed by atoms with Gasteiger partial charge in [-0.15, -0.1) is 0 Å². The van der Waals surface area contributed by atoms with Gasteiger partial charge >= 0.3 is 0 Å². The number of likely N-dealkylation sites (tertiary alicyclic amines) is 1. The first-order valence-electron chi connectivity index (χ1n) is 8.35. The molecule has 3 heterocycles. The Balaban J connectivity index is 1.47. The Morgan fingerprint density at radius 3 is 2.75 bits per heavy atom. The first-order valence-corrected chi connectivity index (χ1v) is 8.35. The quantitative estimate of drug-likeness (QED) is 0.826. The molecule has 1 aromatic rings. The minimum atomic E-state index is -0.284. The fourth-order valence-electron chi connectivity index (χ4n) is 3.74. The molecular formula is C18H21N3O3. The second kappa shape index (κ2) is 5.63. The zero-order valence-electron chi connectivity index (χ0n) is 13.5. The van der Waals surface area contributed by atoms with Crippen LogP contribution in [0.1, 0.15) is 22.3 Å². The van der Waals surface area contributed by atoms with E-state index in [1.807, 2.05) is 23.1 Å². The Kier molecular flexibility index (Phi) is 3.57. The van der Waals surface area contributed by atoms with Crippen LogP contribution in [0.2, 0.25) is 0 Å². The summed E-state index contributed by atoms with van der Waals surface area (Å²) in [6.45, 7) is 6.70. The largest absolute Gasteiger partial charge is 0.391 e. The van der Waals surface area contributed by atoms with Crippen molar-refractivity contribution >= 4 is 17.5 Å². The van der Waals surface area contributed by atoms with Gasteiger partial charge in [0, 0.05) is 44.0 Å². The van der Waals surface area contributed by atoms with Gasteiger partial charge in [-0.2, -0.15) is 0 Å². The molecule has 1 N–H and O–H groups in total. The molecule has 126 valence electrons. The number of nitrogens with zero attached hydrogens (tertiary/aromatic N) is 3. The third-order valence-electron chi connectivity index (χ3n) is 5.24. The molecule has 2 fully saturated rings. The number of amides is 2. The van der Waals surface area contributed by atoms with Gasteiger partial charge < -0.3 is 19.8 Å². The van der Waals surface area contributed by atoms with E-state index in [1.165, 1.54) is 6.08 Å². The minimum absolute atomic E-state index is 0.0438. The first kappa shape index (κ1) is 15.2. The first-order chi connectivity index (χ1) is 11.6. The molecule has 0 bridgehead atoms. The fourth-order valence-corrected chi connectivity index (χ4v) is 3.74. The number of β-amino-alcohol motifs (C(OH)–C–C–N with tert-alkyl or cyclic N) is 1. The Labute approximate surface area is 141 Å². The van der Waals surface area contributed by atoms with Gasteiger partial charge in [-0.05, 0) is 30.2 Å². The van der Waals surface area contributed by atoms with Crippen LogP contribution in [-0.2, 0) is 11.3 Å². The molecule has 3 aliphatic rings. The highest BCUT2D eigenvalue weighted by Crippen LogP contribution is 2.32. The number of hydrogen-bond acceptors (Lipinski definition) is 4. The van der Waals surface area contributed by atoms with Crippen LogP contribution in [0, 0.1) is 0 Å². The predicted octanol–water partition coefficient (Wildman–Crippen LogP) is 0.610. The average Bonchev–Trinajstić information content (AvgIpc) is 3.10. The maximum atomic E-state index is 12.7. The number of anilines is 1. The molecule has 0 radical (unpaired) electrons. The maximum absolute atomic E-state index is 12.7. The van der Waals surface area contributed by atoms with Crippen LogP contribution < -0.4 is 4.90 Å². The molecule has 0 aliphatic carbocycles. The lowest BCUT2D eigenvalue weighted by Crippen LogP contribution is -2.60. The maximum Gasteiger partial charge on any atom is 0.254 e. The van der Waals surface area contributed by atoms with Gasteiger partial charge in [0.05, 0.1) is 12.1 Å². The van der Waals surface area contributed by atoms with Gasteiger partial charge in [-0.3, -0.25) is 9.59 Å². The van der Waals surface area contributed by atoms with Crippen molar-refractivity contribution in [3.8, 4) is 0 Å².